The third kappa shape index (κ3) is 10.4. The second kappa shape index (κ2) is 16.3. The number of hydrogen-bond donors (Lipinski definition) is 8. The van der Waals surface area contributed by atoms with Gasteiger partial charge in [-0.3, -0.25) is 19.4 Å². The van der Waals surface area contributed by atoms with Gasteiger partial charge in [-0.1, -0.05) is 52.3 Å². The molecule has 1 heterocycles. The van der Waals surface area contributed by atoms with Crippen LogP contribution in [0.2, 0.25) is 0 Å². The Balaban J connectivity index is 2.14. The number of benzene rings is 1. The Labute approximate surface area is 246 Å². The van der Waals surface area contributed by atoms with Crippen molar-refractivity contribution in [2.75, 3.05) is 6.54 Å². The first-order valence-corrected chi connectivity index (χ1v) is 14.3. The molecule has 13 heteroatoms. The summed E-state index contributed by atoms with van der Waals surface area (Å²) in [7, 11) is 0. The maximum Gasteiger partial charge on any atom is 0.326 e. The fourth-order valence-corrected chi connectivity index (χ4v) is 4.57. The summed E-state index contributed by atoms with van der Waals surface area (Å²) in [4.78, 5) is 58.7. The molecular formula is C29H46N8O5. The monoisotopic (exact) mass is 586 g/mol. The number of aliphatic imine (C=N–C) groups is 1. The van der Waals surface area contributed by atoms with Gasteiger partial charge in [0.1, 0.15) is 18.1 Å². The molecule has 5 unspecified atom stereocenters. The normalized spacial score (nSPS) is 14.8. The van der Waals surface area contributed by atoms with Crippen LogP contribution in [0.25, 0.3) is 10.9 Å². The molecule has 0 aliphatic rings. The minimum absolute atomic E-state index is 0.00761. The predicted octanol–water partition coefficient (Wildman–Crippen LogP) is 0.723. The van der Waals surface area contributed by atoms with E-state index in [1.807, 2.05) is 52.0 Å². The highest BCUT2D eigenvalue weighted by Crippen LogP contribution is 2.19. The number of rotatable bonds is 17. The second-order valence-electron chi connectivity index (χ2n) is 11.1. The zero-order valence-electron chi connectivity index (χ0n) is 24.9. The summed E-state index contributed by atoms with van der Waals surface area (Å²) in [6.45, 7) is 7.80. The Bertz CT molecular complexity index is 1240. The Morgan fingerprint density at radius 1 is 0.976 bits per heavy atom. The zero-order valence-corrected chi connectivity index (χ0v) is 24.9. The van der Waals surface area contributed by atoms with Gasteiger partial charge in [0, 0.05) is 30.1 Å². The van der Waals surface area contributed by atoms with Crippen molar-refractivity contribution >= 4 is 40.6 Å². The van der Waals surface area contributed by atoms with Crippen LogP contribution in [0.1, 0.15) is 58.9 Å². The van der Waals surface area contributed by atoms with Gasteiger partial charge in [-0.2, -0.15) is 0 Å². The number of fused-ring (bicyclic) bond motifs is 1. The molecule has 0 radical (unpaired) electrons. The summed E-state index contributed by atoms with van der Waals surface area (Å²) in [6.07, 6.45) is 3.41. The van der Waals surface area contributed by atoms with E-state index in [0.717, 1.165) is 16.5 Å². The molecule has 2 aromatic rings. The van der Waals surface area contributed by atoms with Crippen LogP contribution in [0.5, 0.6) is 0 Å². The van der Waals surface area contributed by atoms with Gasteiger partial charge in [-0.25, -0.2) is 4.79 Å². The average Bonchev–Trinajstić information content (AvgIpc) is 3.34. The van der Waals surface area contributed by atoms with Crippen molar-refractivity contribution in [1.82, 2.24) is 20.9 Å². The lowest BCUT2D eigenvalue weighted by Gasteiger charge is -2.28. The number of guanidine groups is 1. The van der Waals surface area contributed by atoms with Gasteiger partial charge in [0.25, 0.3) is 0 Å². The van der Waals surface area contributed by atoms with E-state index in [2.05, 4.69) is 25.9 Å². The van der Waals surface area contributed by atoms with E-state index in [1.54, 1.807) is 6.20 Å². The van der Waals surface area contributed by atoms with E-state index in [9.17, 15) is 24.3 Å². The molecule has 1 aromatic carbocycles. The predicted molar refractivity (Wildman–Crippen MR) is 162 cm³/mol. The summed E-state index contributed by atoms with van der Waals surface area (Å²) >= 11 is 0. The van der Waals surface area contributed by atoms with Crippen molar-refractivity contribution in [3.8, 4) is 0 Å². The van der Waals surface area contributed by atoms with E-state index < -0.39 is 47.9 Å². The first-order chi connectivity index (χ1) is 19.8. The Morgan fingerprint density at radius 3 is 2.26 bits per heavy atom. The lowest BCUT2D eigenvalue weighted by Crippen LogP contribution is -2.59. The van der Waals surface area contributed by atoms with E-state index in [1.165, 1.54) is 0 Å². The van der Waals surface area contributed by atoms with Crippen LogP contribution < -0.4 is 33.2 Å². The highest BCUT2D eigenvalue weighted by molar-refractivity contribution is 5.94. The number of nitrogens with zero attached hydrogens (tertiary/aromatic N) is 1. The molecular weight excluding hydrogens is 540 g/mol. The lowest BCUT2D eigenvalue weighted by atomic mass is 9.96. The smallest absolute Gasteiger partial charge is 0.326 e. The molecule has 42 heavy (non-hydrogen) atoms. The van der Waals surface area contributed by atoms with Gasteiger partial charge >= 0.3 is 5.97 Å². The first kappa shape index (κ1) is 34.1. The number of carboxylic acid groups (broad SMARTS) is 1. The quantitative estimate of drug-likeness (QED) is 0.0746. The number of nitrogens with two attached hydrogens (primary N) is 3. The zero-order chi connectivity index (χ0) is 31.4. The molecule has 0 aliphatic carbocycles. The number of carbonyl (C=O) groups is 4. The topological polar surface area (TPSA) is 231 Å². The number of H-pyrrole nitrogens is 1. The molecule has 232 valence electrons. The molecule has 0 saturated carbocycles. The molecule has 13 nitrogen and oxygen atoms in total. The first-order valence-electron chi connectivity index (χ1n) is 14.3. The summed E-state index contributed by atoms with van der Waals surface area (Å²) in [5, 5.41) is 18.9. The minimum atomic E-state index is -1.22. The van der Waals surface area contributed by atoms with Crippen LogP contribution in [0.3, 0.4) is 0 Å². The van der Waals surface area contributed by atoms with E-state index >= 15 is 0 Å². The summed E-state index contributed by atoms with van der Waals surface area (Å²) in [5.41, 5.74) is 18.3. The van der Waals surface area contributed by atoms with Gasteiger partial charge in [0.05, 0.1) is 6.04 Å². The van der Waals surface area contributed by atoms with Gasteiger partial charge in [0.15, 0.2) is 5.96 Å². The lowest BCUT2D eigenvalue weighted by molar-refractivity contribution is -0.142. The summed E-state index contributed by atoms with van der Waals surface area (Å²) in [5.74, 6) is -3.16. The molecule has 0 spiro atoms. The van der Waals surface area contributed by atoms with Crippen molar-refractivity contribution in [3.63, 3.8) is 0 Å². The van der Waals surface area contributed by atoms with Crippen LogP contribution in [-0.4, -0.2) is 70.5 Å². The van der Waals surface area contributed by atoms with Crippen molar-refractivity contribution < 1.29 is 24.3 Å². The van der Waals surface area contributed by atoms with E-state index in [0.29, 0.717) is 25.8 Å². The number of para-hydroxylation sites is 1. The Morgan fingerprint density at radius 2 is 1.64 bits per heavy atom. The van der Waals surface area contributed by atoms with Crippen LogP contribution in [-0.2, 0) is 25.6 Å². The molecule has 0 aliphatic heterocycles. The largest absolute Gasteiger partial charge is 0.480 e. The van der Waals surface area contributed by atoms with Gasteiger partial charge < -0.3 is 43.2 Å². The average molecular weight is 587 g/mol. The molecule has 0 fully saturated rings. The second-order valence-corrected chi connectivity index (χ2v) is 11.1. The van der Waals surface area contributed by atoms with Crippen LogP contribution >= 0.6 is 0 Å². The highest BCUT2D eigenvalue weighted by atomic mass is 16.4. The van der Waals surface area contributed by atoms with E-state index in [4.69, 9.17) is 17.2 Å². The molecule has 0 bridgehead atoms. The fraction of sp³-hybridized carbons (Fsp3) is 0.552. The standard InChI is InChI=1S/C29H46N8O5/c1-5-17(4)24(37-25(38)20(30)10-8-12-33-29(31)32)27(40)35-22(13-16(2)3)26(39)36-23(28(41)42)14-18-15-34-21-11-7-6-9-19(18)21/h6-7,9,11,15-17,20,22-24,34H,5,8,10,12-14,30H2,1-4H3,(H,35,40)(H,36,39)(H,37,38)(H,41,42)(H4,31,32,33). The van der Waals surface area contributed by atoms with Gasteiger partial charge in [0.2, 0.25) is 17.7 Å². The third-order valence-electron chi connectivity index (χ3n) is 7.15. The number of amides is 3. The van der Waals surface area contributed by atoms with Crippen molar-refractivity contribution in [3.05, 3.63) is 36.0 Å². The molecule has 0 saturated heterocycles. The number of nitrogens with one attached hydrogen (secondary N) is 4. The number of aliphatic carboxylic acids is 1. The molecule has 1 aromatic heterocycles. The van der Waals surface area contributed by atoms with Crippen molar-refractivity contribution in [1.29, 1.82) is 0 Å². The Kier molecular flexibility index (Phi) is 13.3. The van der Waals surface area contributed by atoms with Crippen molar-refractivity contribution in [2.24, 2.45) is 34.0 Å². The number of hydrogen-bond acceptors (Lipinski definition) is 6. The number of carboxylic acids is 1. The Hall–Kier alpha value is -4.13. The molecule has 5 atom stereocenters. The minimum Gasteiger partial charge on any atom is -0.480 e. The van der Waals surface area contributed by atoms with Gasteiger partial charge in [-0.05, 0) is 42.7 Å². The maximum absolute atomic E-state index is 13.4. The molecule has 11 N–H and O–H groups in total. The maximum atomic E-state index is 13.4. The third-order valence-corrected chi connectivity index (χ3v) is 7.15. The molecule has 3 amide bonds. The number of carbonyl (C=O) groups excluding carboxylic acids is 3. The molecule has 2 rings (SSSR count). The fourth-order valence-electron chi connectivity index (χ4n) is 4.57. The number of aromatic nitrogens is 1. The number of aromatic amines is 1. The summed E-state index contributed by atoms with van der Waals surface area (Å²) < 4.78 is 0. The SMILES string of the molecule is CCC(C)C(NC(=O)C(N)CCCN=C(N)N)C(=O)NC(CC(C)C)C(=O)NC(Cc1c[nH]c2ccccc12)C(=O)O. The highest BCUT2D eigenvalue weighted by Gasteiger charge is 2.33. The van der Waals surface area contributed by atoms with Crippen LogP contribution in [0.15, 0.2) is 35.5 Å². The van der Waals surface area contributed by atoms with Crippen LogP contribution in [0.4, 0.5) is 0 Å². The van der Waals surface area contributed by atoms with E-state index in [-0.39, 0.29) is 30.6 Å². The summed E-state index contributed by atoms with van der Waals surface area (Å²) in [6, 6.07) is 3.43. The van der Waals surface area contributed by atoms with Crippen molar-refractivity contribution in [2.45, 2.75) is 84.0 Å². The van der Waals surface area contributed by atoms with Gasteiger partial charge in [-0.15, -0.1) is 0 Å². The van der Waals surface area contributed by atoms with Crippen LogP contribution in [0, 0.1) is 11.8 Å².